The molecule has 0 bridgehead atoms. The van der Waals surface area contributed by atoms with Gasteiger partial charge in [-0.15, -0.1) is 0 Å². The Morgan fingerprint density at radius 3 is 2.00 bits per heavy atom. The Kier molecular flexibility index (Phi) is 5.08. The first kappa shape index (κ1) is 17.1. The fourth-order valence-corrected chi connectivity index (χ4v) is 2.24. The van der Waals surface area contributed by atoms with Crippen molar-refractivity contribution in [2.45, 2.75) is 52.7 Å². The number of carbonyl (C=O) groups excluding carboxylic acids is 2. The predicted octanol–water partition coefficient (Wildman–Crippen LogP) is 3.49. The maximum absolute atomic E-state index is 12.8. The summed E-state index contributed by atoms with van der Waals surface area (Å²) in [5.74, 6) is -0.792. The number of hydrogen-bond acceptors (Lipinski definition) is 5. The SMILES string of the molecule is CCC(C)OC1=C(OC(C)CC)C(=O)c2c(N)cccc2C1=O. The van der Waals surface area contributed by atoms with E-state index in [1.807, 2.05) is 27.7 Å². The molecule has 1 aromatic rings. The maximum Gasteiger partial charge on any atom is 0.234 e. The average Bonchev–Trinajstić information content (AvgIpc) is 2.54. The van der Waals surface area contributed by atoms with Gasteiger partial charge in [-0.2, -0.15) is 0 Å². The van der Waals surface area contributed by atoms with Crippen molar-refractivity contribution in [1.29, 1.82) is 0 Å². The molecule has 0 radical (unpaired) electrons. The van der Waals surface area contributed by atoms with Crippen LogP contribution < -0.4 is 5.73 Å². The zero-order valence-corrected chi connectivity index (χ0v) is 14.0. The van der Waals surface area contributed by atoms with Crippen LogP contribution in [-0.2, 0) is 9.47 Å². The minimum atomic E-state index is -0.392. The van der Waals surface area contributed by atoms with Gasteiger partial charge < -0.3 is 15.2 Å². The second kappa shape index (κ2) is 6.86. The Morgan fingerprint density at radius 2 is 1.48 bits per heavy atom. The number of allylic oxidation sites excluding steroid dienone is 2. The standard InChI is InChI=1S/C18H23NO4/c1-5-10(3)22-17-15(20)12-8-7-9-13(19)14(12)16(21)18(17)23-11(4)6-2/h7-11H,5-6,19H2,1-4H3. The summed E-state index contributed by atoms with van der Waals surface area (Å²) in [6.07, 6.45) is 1.02. The third-order valence-corrected chi connectivity index (χ3v) is 3.97. The van der Waals surface area contributed by atoms with Crippen molar-refractivity contribution >= 4 is 17.3 Å². The van der Waals surface area contributed by atoms with E-state index in [9.17, 15) is 9.59 Å². The van der Waals surface area contributed by atoms with Crippen LogP contribution in [0.2, 0.25) is 0 Å². The number of nitrogens with two attached hydrogens (primary N) is 1. The van der Waals surface area contributed by atoms with E-state index in [0.29, 0.717) is 12.8 Å². The highest BCUT2D eigenvalue weighted by Crippen LogP contribution is 2.32. The summed E-state index contributed by atoms with van der Waals surface area (Å²) >= 11 is 0. The number of rotatable bonds is 6. The Morgan fingerprint density at radius 1 is 0.957 bits per heavy atom. The molecule has 0 heterocycles. The van der Waals surface area contributed by atoms with Crippen LogP contribution in [0.4, 0.5) is 5.69 Å². The van der Waals surface area contributed by atoms with Gasteiger partial charge in [-0.25, -0.2) is 0 Å². The molecule has 23 heavy (non-hydrogen) atoms. The van der Waals surface area contributed by atoms with Crippen LogP contribution in [0, 0.1) is 0 Å². The van der Waals surface area contributed by atoms with E-state index >= 15 is 0 Å². The van der Waals surface area contributed by atoms with Crippen LogP contribution >= 0.6 is 0 Å². The summed E-state index contributed by atoms with van der Waals surface area (Å²) < 4.78 is 11.4. The molecule has 0 aliphatic heterocycles. The van der Waals surface area contributed by atoms with Crippen LogP contribution in [0.3, 0.4) is 0 Å². The summed E-state index contributed by atoms with van der Waals surface area (Å²) in [6.45, 7) is 7.58. The van der Waals surface area contributed by atoms with E-state index in [0.717, 1.165) is 0 Å². The molecule has 1 aliphatic rings. The quantitative estimate of drug-likeness (QED) is 0.813. The fourth-order valence-electron chi connectivity index (χ4n) is 2.24. The molecular weight excluding hydrogens is 294 g/mol. The third kappa shape index (κ3) is 3.23. The second-order valence-electron chi connectivity index (χ2n) is 5.76. The van der Waals surface area contributed by atoms with Gasteiger partial charge in [-0.3, -0.25) is 9.59 Å². The van der Waals surface area contributed by atoms with Gasteiger partial charge in [-0.05, 0) is 32.8 Å². The van der Waals surface area contributed by atoms with Crippen molar-refractivity contribution in [2.75, 3.05) is 5.73 Å². The maximum atomic E-state index is 12.8. The zero-order valence-electron chi connectivity index (χ0n) is 14.0. The van der Waals surface area contributed by atoms with Crippen LogP contribution in [0.25, 0.3) is 0 Å². The molecule has 2 rings (SSSR count). The Balaban J connectivity index is 2.56. The molecule has 0 saturated heterocycles. The first-order valence-corrected chi connectivity index (χ1v) is 7.96. The molecular formula is C18H23NO4. The zero-order chi connectivity index (χ0) is 17.1. The number of ether oxygens (including phenoxy) is 2. The Bertz CT molecular complexity index is 663. The van der Waals surface area contributed by atoms with E-state index in [2.05, 4.69) is 0 Å². The molecule has 0 saturated carbocycles. The molecule has 2 N–H and O–H groups in total. The average molecular weight is 317 g/mol. The lowest BCUT2D eigenvalue weighted by molar-refractivity contribution is 0.0526. The monoisotopic (exact) mass is 317 g/mol. The van der Waals surface area contributed by atoms with Crippen LogP contribution in [0.5, 0.6) is 0 Å². The molecule has 0 amide bonds. The van der Waals surface area contributed by atoms with Gasteiger partial charge in [-0.1, -0.05) is 26.0 Å². The van der Waals surface area contributed by atoms with E-state index < -0.39 is 5.78 Å². The molecule has 0 fully saturated rings. The Labute approximate surface area is 136 Å². The van der Waals surface area contributed by atoms with Crippen LogP contribution in [-0.4, -0.2) is 23.8 Å². The number of Topliss-reactive ketones (excluding diaryl/α,β-unsaturated/α-hetero) is 2. The van der Waals surface area contributed by atoms with Crippen molar-refractivity contribution in [3.63, 3.8) is 0 Å². The van der Waals surface area contributed by atoms with Gasteiger partial charge in [0.05, 0.1) is 17.8 Å². The van der Waals surface area contributed by atoms with Crippen molar-refractivity contribution in [3.8, 4) is 0 Å². The van der Waals surface area contributed by atoms with Gasteiger partial charge in [0.2, 0.25) is 23.1 Å². The molecule has 0 spiro atoms. The summed E-state index contributed by atoms with van der Waals surface area (Å²) in [6, 6.07) is 4.85. The molecule has 2 atom stereocenters. The van der Waals surface area contributed by atoms with Gasteiger partial charge >= 0.3 is 0 Å². The fraction of sp³-hybridized carbons (Fsp3) is 0.444. The van der Waals surface area contributed by atoms with E-state index in [4.69, 9.17) is 15.2 Å². The van der Waals surface area contributed by atoms with E-state index in [1.165, 1.54) is 0 Å². The molecule has 1 aromatic carbocycles. The highest BCUT2D eigenvalue weighted by molar-refractivity contribution is 6.27. The number of benzene rings is 1. The lowest BCUT2D eigenvalue weighted by Crippen LogP contribution is -2.29. The highest BCUT2D eigenvalue weighted by atomic mass is 16.5. The highest BCUT2D eigenvalue weighted by Gasteiger charge is 2.37. The lowest BCUT2D eigenvalue weighted by atomic mass is 9.90. The van der Waals surface area contributed by atoms with Crippen LogP contribution in [0.15, 0.2) is 29.7 Å². The summed E-state index contributed by atoms with van der Waals surface area (Å²) in [7, 11) is 0. The number of fused-ring (bicyclic) bond motifs is 1. The molecule has 5 heteroatoms. The summed E-state index contributed by atoms with van der Waals surface area (Å²) in [4.78, 5) is 25.6. The minimum Gasteiger partial charge on any atom is -0.483 e. The van der Waals surface area contributed by atoms with Crippen molar-refractivity contribution in [3.05, 3.63) is 40.8 Å². The first-order valence-electron chi connectivity index (χ1n) is 7.96. The van der Waals surface area contributed by atoms with Crippen molar-refractivity contribution in [2.24, 2.45) is 0 Å². The van der Waals surface area contributed by atoms with Crippen molar-refractivity contribution < 1.29 is 19.1 Å². The van der Waals surface area contributed by atoms with Gasteiger partial charge in [0, 0.05) is 11.3 Å². The normalized spacial score (nSPS) is 16.9. The molecule has 0 aromatic heterocycles. The topological polar surface area (TPSA) is 78.6 Å². The molecule has 5 nitrogen and oxygen atoms in total. The van der Waals surface area contributed by atoms with E-state index in [-0.39, 0.29) is 46.3 Å². The van der Waals surface area contributed by atoms with Crippen LogP contribution in [0.1, 0.15) is 61.3 Å². The summed E-state index contributed by atoms with van der Waals surface area (Å²) in [5.41, 5.74) is 6.64. The van der Waals surface area contributed by atoms with E-state index in [1.54, 1.807) is 18.2 Å². The smallest absolute Gasteiger partial charge is 0.234 e. The second-order valence-corrected chi connectivity index (χ2v) is 5.76. The number of ketones is 2. The number of carbonyl (C=O) groups is 2. The predicted molar refractivity (Wildman–Crippen MR) is 88.2 cm³/mol. The minimum absolute atomic E-state index is 0.0113. The number of hydrogen-bond donors (Lipinski definition) is 1. The van der Waals surface area contributed by atoms with Gasteiger partial charge in [0.15, 0.2) is 0 Å². The molecule has 124 valence electrons. The van der Waals surface area contributed by atoms with Gasteiger partial charge in [0.25, 0.3) is 0 Å². The lowest BCUT2D eigenvalue weighted by Gasteiger charge is -2.25. The molecule has 1 aliphatic carbocycles. The van der Waals surface area contributed by atoms with Gasteiger partial charge in [0.1, 0.15) is 0 Å². The molecule has 2 unspecified atom stereocenters. The summed E-state index contributed by atoms with van der Waals surface area (Å²) in [5, 5.41) is 0. The number of nitrogen functional groups attached to an aromatic ring is 1. The van der Waals surface area contributed by atoms with Crippen molar-refractivity contribution in [1.82, 2.24) is 0 Å². The Hall–Kier alpha value is -2.30. The largest absolute Gasteiger partial charge is 0.483 e. The first-order chi connectivity index (χ1) is 10.9. The number of anilines is 1. The third-order valence-electron chi connectivity index (χ3n) is 3.97.